The van der Waals surface area contributed by atoms with Crippen LogP contribution in [0.4, 0.5) is 5.82 Å². The molecule has 1 aliphatic rings. The molecule has 1 aliphatic heterocycles. The van der Waals surface area contributed by atoms with E-state index < -0.39 is 9.84 Å². The number of hydrogen-bond acceptors (Lipinski definition) is 5. The zero-order chi connectivity index (χ0) is 17.3. The van der Waals surface area contributed by atoms with Crippen molar-refractivity contribution in [2.75, 3.05) is 23.9 Å². The zero-order valence-electron chi connectivity index (χ0n) is 13.5. The monoisotopic (exact) mass is 349 g/mol. The van der Waals surface area contributed by atoms with Crippen LogP contribution in [-0.2, 0) is 9.84 Å². The van der Waals surface area contributed by atoms with Gasteiger partial charge in [-0.05, 0) is 31.5 Å². The van der Waals surface area contributed by atoms with E-state index in [1.54, 1.807) is 41.9 Å². The van der Waals surface area contributed by atoms with Crippen LogP contribution in [0, 0.1) is 6.92 Å². The van der Waals surface area contributed by atoms with Crippen LogP contribution < -0.4 is 10.1 Å². The summed E-state index contributed by atoms with van der Waals surface area (Å²) in [5, 5.41) is 7.17. The molecule has 1 saturated heterocycles. The van der Waals surface area contributed by atoms with Gasteiger partial charge in [-0.25, -0.2) is 13.1 Å². The number of methoxy groups -OCH3 is 1. The second-order valence-corrected chi connectivity index (χ2v) is 8.09. The van der Waals surface area contributed by atoms with E-state index in [1.807, 2.05) is 0 Å². The minimum Gasteiger partial charge on any atom is -0.497 e. The molecule has 1 atom stereocenters. The molecule has 0 spiro atoms. The summed E-state index contributed by atoms with van der Waals surface area (Å²) in [7, 11) is -1.49. The molecule has 0 unspecified atom stereocenters. The van der Waals surface area contributed by atoms with Crippen molar-refractivity contribution in [1.82, 2.24) is 9.78 Å². The molecule has 0 bridgehead atoms. The van der Waals surface area contributed by atoms with E-state index in [4.69, 9.17) is 4.74 Å². The Hall–Kier alpha value is -2.35. The number of carbonyl (C=O) groups excluding carboxylic acids is 1. The molecule has 24 heavy (non-hydrogen) atoms. The lowest BCUT2D eigenvalue weighted by Crippen LogP contribution is -2.19. The van der Waals surface area contributed by atoms with Gasteiger partial charge in [-0.15, -0.1) is 0 Å². The summed E-state index contributed by atoms with van der Waals surface area (Å²) < 4.78 is 30.1. The molecule has 7 nitrogen and oxygen atoms in total. The molecular formula is C16H19N3O4S. The van der Waals surface area contributed by atoms with E-state index in [9.17, 15) is 13.2 Å². The normalized spacial score (nSPS) is 19.2. The van der Waals surface area contributed by atoms with Crippen molar-refractivity contribution < 1.29 is 17.9 Å². The molecule has 0 radical (unpaired) electrons. The van der Waals surface area contributed by atoms with Crippen molar-refractivity contribution >= 4 is 21.6 Å². The van der Waals surface area contributed by atoms with Gasteiger partial charge in [-0.2, -0.15) is 5.10 Å². The van der Waals surface area contributed by atoms with E-state index in [2.05, 4.69) is 10.4 Å². The first-order chi connectivity index (χ1) is 11.4. The maximum atomic E-state index is 12.5. The van der Waals surface area contributed by atoms with Gasteiger partial charge in [0.05, 0.1) is 30.4 Å². The Labute approximate surface area is 140 Å². The second kappa shape index (κ2) is 6.27. The fourth-order valence-electron chi connectivity index (χ4n) is 2.81. The Morgan fingerprint density at radius 3 is 2.83 bits per heavy atom. The zero-order valence-corrected chi connectivity index (χ0v) is 14.3. The molecule has 0 aliphatic carbocycles. The van der Waals surface area contributed by atoms with E-state index in [-0.39, 0.29) is 23.5 Å². The molecule has 1 aromatic heterocycles. The van der Waals surface area contributed by atoms with E-state index in [0.29, 0.717) is 23.6 Å². The Balaban J connectivity index is 1.84. The molecule has 1 fully saturated rings. The Kier molecular flexibility index (Phi) is 4.31. The summed E-state index contributed by atoms with van der Waals surface area (Å²) in [6.07, 6.45) is 0.505. The number of nitrogens with zero attached hydrogens (tertiary/aromatic N) is 2. The Morgan fingerprint density at radius 2 is 2.17 bits per heavy atom. The topological polar surface area (TPSA) is 90.3 Å². The van der Waals surface area contributed by atoms with Gasteiger partial charge in [-0.1, -0.05) is 6.07 Å². The lowest BCUT2D eigenvalue weighted by Gasteiger charge is -2.14. The fraction of sp³-hybridized carbons (Fsp3) is 0.375. The molecule has 128 valence electrons. The van der Waals surface area contributed by atoms with Crippen LogP contribution in [0.3, 0.4) is 0 Å². The molecule has 3 rings (SSSR count). The van der Waals surface area contributed by atoms with Crippen LogP contribution in [0.15, 0.2) is 30.3 Å². The highest BCUT2D eigenvalue weighted by Crippen LogP contribution is 2.27. The van der Waals surface area contributed by atoms with Crippen molar-refractivity contribution in [3.8, 4) is 5.75 Å². The van der Waals surface area contributed by atoms with E-state index in [1.165, 1.54) is 7.11 Å². The SMILES string of the molecule is COc1cccc(C(=O)Nc2cc(C)nn2[C@@H]2CCS(=O)(=O)C2)c1. The average molecular weight is 349 g/mol. The number of rotatable bonds is 4. The van der Waals surface area contributed by atoms with E-state index >= 15 is 0 Å². The van der Waals surface area contributed by atoms with Gasteiger partial charge in [0.1, 0.15) is 11.6 Å². The highest BCUT2D eigenvalue weighted by molar-refractivity contribution is 7.91. The molecular weight excluding hydrogens is 330 g/mol. The third-order valence-corrected chi connectivity index (χ3v) is 5.74. The van der Waals surface area contributed by atoms with Crippen LogP contribution in [0.2, 0.25) is 0 Å². The summed E-state index contributed by atoms with van der Waals surface area (Å²) in [5.74, 6) is 1.00. The number of nitrogens with one attached hydrogen (secondary N) is 1. The first-order valence-electron chi connectivity index (χ1n) is 7.60. The van der Waals surface area contributed by atoms with Crippen LogP contribution >= 0.6 is 0 Å². The number of carbonyl (C=O) groups is 1. The number of aryl methyl sites for hydroxylation is 1. The summed E-state index contributed by atoms with van der Waals surface area (Å²) >= 11 is 0. The highest BCUT2D eigenvalue weighted by Gasteiger charge is 2.31. The van der Waals surface area contributed by atoms with Crippen LogP contribution in [0.5, 0.6) is 5.75 Å². The minimum absolute atomic E-state index is 0.0517. The van der Waals surface area contributed by atoms with Crippen LogP contribution in [-0.4, -0.2) is 42.7 Å². The van der Waals surface area contributed by atoms with Crippen LogP contribution in [0.1, 0.15) is 28.5 Å². The number of benzene rings is 1. The van der Waals surface area contributed by atoms with Crippen LogP contribution in [0.25, 0.3) is 0 Å². The standard InChI is InChI=1S/C16H19N3O4S/c1-11-8-15(19(18-11)13-6-7-24(21,22)10-13)17-16(20)12-4-3-5-14(9-12)23-2/h3-5,8-9,13H,6-7,10H2,1-2H3,(H,17,20)/t13-/m1/s1. The van der Waals surface area contributed by atoms with Gasteiger partial charge in [0, 0.05) is 11.6 Å². The smallest absolute Gasteiger partial charge is 0.256 e. The molecule has 8 heteroatoms. The maximum Gasteiger partial charge on any atom is 0.256 e. The van der Waals surface area contributed by atoms with Crippen molar-refractivity contribution in [2.24, 2.45) is 0 Å². The van der Waals surface area contributed by atoms with E-state index in [0.717, 1.165) is 5.69 Å². The summed E-state index contributed by atoms with van der Waals surface area (Å²) in [6, 6.07) is 8.32. The third kappa shape index (κ3) is 3.43. The molecule has 1 aromatic carbocycles. The lowest BCUT2D eigenvalue weighted by atomic mass is 10.2. The number of aromatic nitrogens is 2. The molecule has 2 heterocycles. The summed E-state index contributed by atoms with van der Waals surface area (Å²) in [5.41, 5.74) is 1.18. The van der Waals surface area contributed by atoms with Gasteiger partial charge in [-0.3, -0.25) is 4.79 Å². The molecule has 1 amide bonds. The fourth-order valence-corrected chi connectivity index (χ4v) is 4.50. The predicted octanol–water partition coefficient (Wildman–Crippen LogP) is 1.81. The number of ether oxygens (including phenoxy) is 1. The van der Waals surface area contributed by atoms with Gasteiger partial charge in [0.25, 0.3) is 5.91 Å². The summed E-state index contributed by atoms with van der Waals surface area (Å²) in [6.45, 7) is 1.81. The Bertz CT molecular complexity index is 873. The van der Waals surface area contributed by atoms with Gasteiger partial charge in [0.2, 0.25) is 0 Å². The average Bonchev–Trinajstić information content (AvgIpc) is 3.09. The Morgan fingerprint density at radius 1 is 1.38 bits per heavy atom. The molecule has 2 aromatic rings. The first kappa shape index (κ1) is 16.5. The van der Waals surface area contributed by atoms with Gasteiger partial charge in [0.15, 0.2) is 9.84 Å². The summed E-state index contributed by atoms with van der Waals surface area (Å²) in [4.78, 5) is 12.5. The maximum absolute atomic E-state index is 12.5. The van der Waals surface area contributed by atoms with Gasteiger partial charge >= 0.3 is 0 Å². The minimum atomic E-state index is -3.03. The molecule has 1 N–H and O–H groups in total. The van der Waals surface area contributed by atoms with Crippen molar-refractivity contribution in [3.05, 3.63) is 41.6 Å². The predicted molar refractivity (Wildman–Crippen MR) is 90.2 cm³/mol. The van der Waals surface area contributed by atoms with Crippen molar-refractivity contribution in [3.63, 3.8) is 0 Å². The van der Waals surface area contributed by atoms with Crippen molar-refractivity contribution in [2.45, 2.75) is 19.4 Å². The molecule has 0 saturated carbocycles. The van der Waals surface area contributed by atoms with Gasteiger partial charge < -0.3 is 10.1 Å². The largest absolute Gasteiger partial charge is 0.497 e. The number of anilines is 1. The number of sulfone groups is 1. The third-order valence-electron chi connectivity index (χ3n) is 3.99. The lowest BCUT2D eigenvalue weighted by molar-refractivity contribution is 0.102. The number of hydrogen-bond donors (Lipinski definition) is 1. The van der Waals surface area contributed by atoms with Crippen molar-refractivity contribution in [1.29, 1.82) is 0 Å². The highest BCUT2D eigenvalue weighted by atomic mass is 32.2. The number of amides is 1. The second-order valence-electron chi connectivity index (χ2n) is 5.86. The quantitative estimate of drug-likeness (QED) is 0.909. The first-order valence-corrected chi connectivity index (χ1v) is 9.42.